The van der Waals surface area contributed by atoms with E-state index in [1.54, 1.807) is 30.6 Å². The Labute approximate surface area is 170 Å². The summed E-state index contributed by atoms with van der Waals surface area (Å²) in [6.45, 7) is 5.19. The van der Waals surface area contributed by atoms with Gasteiger partial charge in [0.05, 0.1) is 11.3 Å². The lowest BCUT2D eigenvalue weighted by Crippen LogP contribution is -2.42. The number of hydrogen-bond donors (Lipinski definition) is 2. The average Bonchev–Trinajstić information content (AvgIpc) is 2.73. The number of anilines is 2. The molecule has 0 spiro atoms. The van der Waals surface area contributed by atoms with Crippen LogP contribution in [0.3, 0.4) is 0 Å². The third-order valence-corrected chi connectivity index (χ3v) is 4.85. The first-order valence-corrected chi connectivity index (χ1v) is 9.71. The van der Waals surface area contributed by atoms with Crippen molar-refractivity contribution < 1.29 is 4.39 Å². The summed E-state index contributed by atoms with van der Waals surface area (Å²) in [5.41, 5.74) is 10.5. The van der Waals surface area contributed by atoms with Crippen molar-refractivity contribution in [2.24, 2.45) is 16.6 Å². The molecule has 2 aromatic carbocycles. The predicted molar refractivity (Wildman–Crippen MR) is 116 cm³/mol. The molecule has 29 heavy (non-hydrogen) atoms. The third kappa shape index (κ3) is 3.84. The smallest absolute Gasteiger partial charge is 0.145 e. The summed E-state index contributed by atoms with van der Waals surface area (Å²) in [4.78, 5) is 10.7. The van der Waals surface area contributed by atoms with Crippen molar-refractivity contribution in [2.75, 3.05) is 16.8 Å². The SMILES string of the molecule is CC(C)CNc1ccc2c(c1)C(N)N(c1ccncc1)C(c1ccccc1F)=N2. The van der Waals surface area contributed by atoms with Crippen LogP contribution in [-0.4, -0.2) is 17.4 Å². The fourth-order valence-electron chi connectivity index (χ4n) is 3.38. The molecule has 4 rings (SSSR count). The Balaban J connectivity index is 1.83. The number of hydrogen-bond acceptors (Lipinski definition) is 5. The number of rotatable bonds is 5. The first kappa shape index (κ1) is 19.1. The van der Waals surface area contributed by atoms with E-state index in [1.165, 1.54) is 6.07 Å². The van der Waals surface area contributed by atoms with Crippen LogP contribution in [0.15, 0.2) is 72.0 Å². The highest BCUT2D eigenvalue weighted by atomic mass is 19.1. The summed E-state index contributed by atoms with van der Waals surface area (Å²) < 4.78 is 14.6. The summed E-state index contributed by atoms with van der Waals surface area (Å²) in [6, 6.07) is 16.3. The number of fused-ring (bicyclic) bond motifs is 1. The molecule has 2 heterocycles. The zero-order chi connectivity index (χ0) is 20.4. The van der Waals surface area contributed by atoms with Gasteiger partial charge in [0.15, 0.2) is 0 Å². The number of nitrogens with one attached hydrogen (secondary N) is 1. The number of benzene rings is 2. The van der Waals surface area contributed by atoms with E-state index < -0.39 is 6.17 Å². The standard InChI is InChI=1S/C23H24FN5/c1-15(2)14-27-16-7-8-21-19(13-16)22(25)29(17-9-11-26-12-10-17)23(28-21)18-5-3-4-6-20(18)24/h3-13,15,22,27H,14,25H2,1-2H3. The van der Waals surface area contributed by atoms with Crippen LogP contribution >= 0.6 is 0 Å². The van der Waals surface area contributed by atoms with Gasteiger partial charge in [-0.15, -0.1) is 0 Å². The van der Waals surface area contributed by atoms with Crippen LogP contribution in [0, 0.1) is 11.7 Å². The van der Waals surface area contributed by atoms with Crippen molar-refractivity contribution in [2.45, 2.75) is 20.0 Å². The molecule has 3 N–H and O–H groups in total. The van der Waals surface area contributed by atoms with Gasteiger partial charge < -0.3 is 16.0 Å². The van der Waals surface area contributed by atoms with Crippen molar-refractivity contribution in [1.29, 1.82) is 0 Å². The van der Waals surface area contributed by atoms with Crippen molar-refractivity contribution in [3.8, 4) is 0 Å². The largest absolute Gasteiger partial charge is 0.385 e. The van der Waals surface area contributed by atoms with Gasteiger partial charge in [-0.1, -0.05) is 26.0 Å². The average molecular weight is 389 g/mol. The van der Waals surface area contributed by atoms with Gasteiger partial charge in [0.2, 0.25) is 0 Å². The molecule has 0 saturated heterocycles. The summed E-state index contributed by atoms with van der Waals surface area (Å²) in [5, 5.41) is 3.43. The first-order valence-electron chi connectivity index (χ1n) is 9.71. The highest BCUT2D eigenvalue weighted by Crippen LogP contribution is 2.38. The van der Waals surface area contributed by atoms with E-state index in [4.69, 9.17) is 10.7 Å². The summed E-state index contributed by atoms with van der Waals surface area (Å²) >= 11 is 0. The minimum Gasteiger partial charge on any atom is -0.385 e. The zero-order valence-corrected chi connectivity index (χ0v) is 16.5. The maximum Gasteiger partial charge on any atom is 0.145 e. The monoisotopic (exact) mass is 389 g/mol. The third-order valence-electron chi connectivity index (χ3n) is 4.85. The molecule has 1 aliphatic heterocycles. The molecule has 0 amide bonds. The number of aromatic nitrogens is 1. The maximum atomic E-state index is 14.6. The fourth-order valence-corrected chi connectivity index (χ4v) is 3.38. The van der Waals surface area contributed by atoms with Crippen LogP contribution in [0.5, 0.6) is 0 Å². The van der Waals surface area contributed by atoms with E-state index in [2.05, 4.69) is 24.1 Å². The highest BCUT2D eigenvalue weighted by Gasteiger charge is 2.31. The van der Waals surface area contributed by atoms with Crippen molar-refractivity contribution in [1.82, 2.24) is 4.98 Å². The molecule has 0 saturated carbocycles. The Bertz CT molecular complexity index is 1030. The van der Waals surface area contributed by atoms with E-state index in [0.717, 1.165) is 29.2 Å². The van der Waals surface area contributed by atoms with Crippen molar-refractivity contribution >= 4 is 22.9 Å². The fraction of sp³-hybridized carbons (Fsp3) is 0.217. The molecule has 1 atom stereocenters. The summed E-state index contributed by atoms with van der Waals surface area (Å²) in [6.07, 6.45) is 2.87. The Morgan fingerprint density at radius 1 is 1.10 bits per heavy atom. The normalized spacial score (nSPS) is 15.8. The Hall–Kier alpha value is -3.25. The molecular formula is C23H24FN5. The molecule has 0 bridgehead atoms. The quantitative estimate of drug-likeness (QED) is 0.655. The van der Waals surface area contributed by atoms with Gasteiger partial charge in [0, 0.05) is 35.9 Å². The molecule has 0 radical (unpaired) electrons. The second kappa shape index (κ2) is 8.01. The lowest BCUT2D eigenvalue weighted by Gasteiger charge is -2.36. The van der Waals surface area contributed by atoms with Gasteiger partial charge in [-0.25, -0.2) is 9.38 Å². The number of amidine groups is 1. The Morgan fingerprint density at radius 2 is 1.86 bits per heavy atom. The number of halogens is 1. The number of nitrogens with two attached hydrogens (primary N) is 1. The number of nitrogens with zero attached hydrogens (tertiary/aromatic N) is 3. The molecular weight excluding hydrogens is 365 g/mol. The van der Waals surface area contributed by atoms with Gasteiger partial charge in [-0.05, 0) is 48.4 Å². The Morgan fingerprint density at radius 3 is 2.59 bits per heavy atom. The van der Waals surface area contributed by atoms with Crippen LogP contribution in [0.25, 0.3) is 0 Å². The lowest BCUT2D eigenvalue weighted by atomic mass is 10.0. The number of aliphatic imine (C=N–C) groups is 1. The van der Waals surface area contributed by atoms with Crippen molar-refractivity contribution in [3.63, 3.8) is 0 Å². The van der Waals surface area contributed by atoms with Crippen LogP contribution in [0.1, 0.15) is 31.1 Å². The molecule has 1 aliphatic rings. The van der Waals surface area contributed by atoms with Gasteiger partial charge in [0.1, 0.15) is 17.8 Å². The minimum atomic E-state index is -0.514. The topological polar surface area (TPSA) is 66.5 Å². The molecule has 1 unspecified atom stereocenters. The van der Waals surface area contributed by atoms with Crippen LogP contribution in [0.4, 0.5) is 21.5 Å². The van der Waals surface area contributed by atoms with Gasteiger partial charge in [-0.2, -0.15) is 0 Å². The second-order valence-corrected chi connectivity index (χ2v) is 7.48. The van der Waals surface area contributed by atoms with Crippen LogP contribution < -0.4 is 16.0 Å². The molecule has 3 aromatic rings. The van der Waals surface area contributed by atoms with Gasteiger partial charge in [-0.3, -0.25) is 4.98 Å². The minimum absolute atomic E-state index is 0.337. The van der Waals surface area contributed by atoms with Crippen LogP contribution in [-0.2, 0) is 0 Å². The number of pyridine rings is 1. The van der Waals surface area contributed by atoms with Crippen LogP contribution in [0.2, 0.25) is 0 Å². The molecule has 6 heteroatoms. The molecule has 0 aliphatic carbocycles. The van der Waals surface area contributed by atoms with E-state index in [1.807, 2.05) is 35.2 Å². The second-order valence-electron chi connectivity index (χ2n) is 7.48. The van der Waals surface area contributed by atoms with E-state index >= 15 is 0 Å². The molecule has 0 fully saturated rings. The summed E-state index contributed by atoms with van der Waals surface area (Å²) in [7, 11) is 0. The molecule has 1 aromatic heterocycles. The van der Waals surface area contributed by atoms with E-state index in [9.17, 15) is 4.39 Å². The maximum absolute atomic E-state index is 14.6. The predicted octanol–water partition coefficient (Wildman–Crippen LogP) is 4.84. The van der Waals surface area contributed by atoms with E-state index in [-0.39, 0.29) is 5.82 Å². The van der Waals surface area contributed by atoms with Gasteiger partial charge in [0.25, 0.3) is 0 Å². The Kier molecular flexibility index (Phi) is 5.27. The van der Waals surface area contributed by atoms with Crippen molar-refractivity contribution in [3.05, 3.63) is 83.9 Å². The van der Waals surface area contributed by atoms with E-state index in [0.29, 0.717) is 17.3 Å². The highest BCUT2D eigenvalue weighted by molar-refractivity contribution is 6.12. The molecule has 148 valence electrons. The molecule has 5 nitrogen and oxygen atoms in total. The summed E-state index contributed by atoms with van der Waals surface area (Å²) in [5.74, 6) is 0.673. The van der Waals surface area contributed by atoms with Gasteiger partial charge >= 0.3 is 0 Å². The first-order chi connectivity index (χ1) is 14.0. The lowest BCUT2D eigenvalue weighted by molar-refractivity contribution is 0.623. The zero-order valence-electron chi connectivity index (χ0n) is 16.5.